The van der Waals surface area contributed by atoms with Crippen LogP contribution >= 0.6 is 0 Å². The van der Waals surface area contributed by atoms with E-state index in [1.807, 2.05) is 31.6 Å². The Morgan fingerprint density at radius 1 is 1.25 bits per heavy atom. The lowest BCUT2D eigenvalue weighted by Gasteiger charge is -2.27. The number of fused-ring (bicyclic) bond motifs is 1. The standard InChI is InChI=1S/C17H23N3O3S/c1-12-5-6-14(9-13(12)2)24(21,22)20-8-7-17-15(10-20)16(11-23-4)18-19(17)3/h5-6,9H,7-8,10-11H2,1-4H3. The van der Waals surface area contributed by atoms with Crippen molar-refractivity contribution < 1.29 is 13.2 Å². The van der Waals surface area contributed by atoms with Crippen LogP contribution in [-0.2, 0) is 41.4 Å². The number of methoxy groups -OCH3 is 1. The van der Waals surface area contributed by atoms with Crippen molar-refractivity contribution in [2.75, 3.05) is 13.7 Å². The number of aromatic nitrogens is 2. The third-order valence-corrected chi connectivity index (χ3v) is 6.53. The zero-order valence-electron chi connectivity index (χ0n) is 14.5. The van der Waals surface area contributed by atoms with Gasteiger partial charge in [-0.3, -0.25) is 4.68 Å². The number of nitrogens with zero attached hydrogens (tertiary/aromatic N) is 3. The Morgan fingerprint density at radius 3 is 2.67 bits per heavy atom. The summed E-state index contributed by atoms with van der Waals surface area (Å²) in [4.78, 5) is 0.353. The molecule has 0 saturated heterocycles. The normalized spacial score (nSPS) is 15.5. The number of hydrogen-bond acceptors (Lipinski definition) is 4. The van der Waals surface area contributed by atoms with Crippen molar-refractivity contribution in [3.05, 3.63) is 46.3 Å². The van der Waals surface area contributed by atoms with Gasteiger partial charge in [-0.1, -0.05) is 6.07 Å². The fraction of sp³-hybridized carbons (Fsp3) is 0.471. The number of benzene rings is 1. The van der Waals surface area contributed by atoms with E-state index in [-0.39, 0.29) is 0 Å². The van der Waals surface area contributed by atoms with Crippen molar-refractivity contribution in [3.8, 4) is 0 Å². The summed E-state index contributed by atoms with van der Waals surface area (Å²) in [7, 11) is 0.00190. The first kappa shape index (κ1) is 17.1. The molecule has 2 heterocycles. The molecule has 1 aliphatic rings. The first-order valence-corrected chi connectivity index (χ1v) is 9.38. The molecule has 0 unspecified atom stereocenters. The van der Waals surface area contributed by atoms with E-state index < -0.39 is 10.0 Å². The average Bonchev–Trinajstić information content (AvgIpc) is 2.86. The molecular weight excluding hydrogens is 326 g/mol. The van der Waals surface area contributed by atoms with Crippen LogP contribution < -0.4 is 0 Å². The van der Waals surface area contributed by atoms with Crippen molar-refractivity contribution >= 4 is 10.0 Å². The molecule has 7 heteroatoms. The van der Waals surface area contributed by atoms with Crippen LogP contribution in [0.1, 0.15) is 28.1 Å². The van der Waals surface area contributed by atoms with Gasteiger partial charge in [-0.15, -0.1) is 0 Å². The summed E-state index contributed by atoms with van der Waals surface area (Å²) in [5.74, 6) is 0. The molecule has 0 atom stereocenters. The average molecular weight is 349 g/mol. The molecule has 0 amide bonds. The number of aryl methyl sites for hydroxylation is 3. The molecule has 0 fully saturated rings. The van der Waals surface area contributed by atoms with E-state index in [1.165, 1.54) is 0 Å². The molecule has 0 spiro atoms. The van der Waals surface area contributed by atoms with E-state index in [9.17, 15) is 8.42 Å². The number of hydrogen-bond donors (Lipinski definition) is 0. The van der Waals surface area contributed by atoms with Gasteiger partial charge in [0.2, 0.25) is 10.0 Å². The Bertz CT molecular complexity index is 871. The Morgan fingerprint density at radius 2 is 2.00 bits per heavy atom. The second-order valence-corrected chi connectivity index (χ2v) is 8.20. The van der Waals surface area contributed by atoms with Crippen molar-refractivity contribution in [2.45, 2.75) is 38.3 Å². The van der Waals surface area contributed by atoms with Gasteiger partial charge in [0.05, 0.1) is 17.2 Å². The van der Waals surface area contributed by atoms with Crippen LogP contribution in [0.4, 0.5) is 0 Å². The van der Waals surface area contributed by atoms with Gasteiger partial charge in [-0.2, -0.15) is 9.40 Å². The minimum atomic E-state index is -3.51. The Hall–Kier alpha value is -1.70. The van der Waals surface area contributed by atoms with Crippen LogP contribution in [0.5, 0.6) is 0 Å². The molecule has 3 rings (SSSR count). The van der Waals surface area contributed by atoms with Crippen LogP contribution in [0.3, 0.4) is 0 Å². The van der Waals surface area contributed by atoms with Gasteiger partial charge in [0, 0.05) is 44.9 Å². The van der Waals surface area contributed by atoms with Crippen LogP contribution in [0, 0.1) is 13.8 Å². The molecular formula is C17H23N3O3S. The summed E-state index contributed by atoms with van der Waals surface area (Å²) in [6.07, 6.45) is 0.659. The number of rotatable bonds is 4. The Labute approximate surface area is 143 Å². The van der Waals surface area contributed by atoms with E-state index in [0.29, 0.717) is 31.0 Å². The van der Waals surface area contributed by atoms with E-state index >= 15 is 0 Å². The first-order valence-electron chi connectivity index (χ1n) is 7.94. The van der Waals surface area contributed by atoms with Crippen molar-refractivity contribution in [2.24, 2.45) is 7.05 Å². The molecule has 0 bridgehead atoms. The van der Waals surface area contributed by atoms with Crippen LogP contribution in [0.25, 0.3) is 0 Å². The van der Waals surface area contributed by atoms with Gasteiger partial charge in [0.25, 0.3) is 0 Å². The summed E-state index contributed by atoms with van der Waals surface area (Å²) in [5, 5.41) is 4.47. The minimum Gasteiger partial charge on any atom is -0.378 e. The van der Waals surface area contributed by atoms with Crippen molar-refractivity contribution in [1.82, 2.24) is 14.1 Å². The largest absolute Gasteiger partial charge is 0.378 e. The second kappa shape index (κ2) is 6.31. The lowest BCUT2D eigenvalue weighted by molar-refractivity contribution is 0.179. The highest BCUT2D eigenvalue weighted by molar-refractivity contribution is 7.89. The maximum atomic E-state index is 13.0. The van der Waals surface area contributed by atoms with E-state index in [2.05, 4.69) is 5.10 Å². The lowest BCUT2D eigenvalue weighted by Crippen LogP contribution is -2.36. The third-order valence-electron chi connectivity index (χ3n) is 4.69. The SMILES string of the molecule is COCc1nn(C)c2c1CN(S(=O)(=O)c1ccc(C)c(C)c1)CC2. The van der Waals surface area contributed by atoms with Crippen molar-refractivity contribution in [3.63, 3.8) is 0 Å². The molecule has 0 N–H and O–H groups in total. The summed E-state index contributed by atoms with van der Waals surface area (Å²) in [5.41, 5.74) is 4.95. The molecule has 6 nitrogen and oxygen atoms in total. The van der Waals surface area contributed by atoms with E-state index in [0.717, 1.165) is 28.1 Å². The van der Waals surface area contributed by atoms with Crippen LogP contribution in [-0.4, -0.2) is 36.2 Å². The van der Waals surface area contributed by atoms with Gasteiger partial charge < -0.3 is 4.74 Å². The van der Waals surface area contributed by atoms with Gasteiger partial charge in [0.1, 0.15) is 0 Å². The van der Waals surface area contributed by atoms with Gasteiger partial charge >= 0.3 is 0 Å². The summed E-state index contributed by atoms with van der Waals surface area (Å²) in [6.45, 7) is 5.11. The molecule has 130 valence electrons. The smallest absolute Gasteiger partial charge is 0.243 e. The zero-order chi connectivity index (χ0) is 17.5. The Kier molecular flexibility index (Phi) is 4.50. The van der Waals surface area contributed by atoms with E-state index in [1.54, 1.807) is 23.5 Å². The molecule has 0 aliphatic carbocycles. The molecule has 0 radical (unpaired) electrons. The molecule has 1 aliphatic heterocycles. The highest BCUT2D eigenvalue weighted by atomic mass is 32.2. The molecule has 1 aromatic carbocycles. The molecule has 24 heavy (non-hydrogen) atoms. The van der Waals surface area contributed by atoms with Crippen LogP contribution in [0.15, 0.2) is 23.1 Å². The summed E-state index contributed by atoms with van der Waals surface area (Å²) >= 11 is 0. The zero-order valence-corrected chi connectivity index (χ0v) is 15.4. The Balaban J connectivity index is 1.95. The third kappa shape index (κ3) is 2.87. The predicted molar refractivity (Wildman–Crippen MR) is 91.1 cm³/mol. The predicted octanol–water partition coefficient (Wildman–Crippen LogP) is 1.93. The van der Waals surface area contributed by atoms with Gasteiger partial charge in [-0.25, -0.2) is 8.42 Å². The monoisotopic (exact) mass is 349 g/mol. The second-order valence-electron chi connectivity index (χ2n) is 6.26. The van der Waals surface area contributed by atoms with E-state index in [4.69, 9.17) is 4.74 Å². The fourth-order valence-electron chi connectivity index (χ4n) is 3.13. The lowest BCUT2D eigenvalue weighted by atomic mass is 10.1. The van der Waals surface area contributed by atoms with Crippen LogP contribution in [0.2, 0.25) is 0 Å². The highest BCUT2D eigenvalue weighted by Crippen LogP contribution is 2.28. The number of ether oxygens (including phenoxy) is 1. The quantitative estimate of drug-likeness (QED) is 0.846. The molecule has 2 aromatic rings. The maximum Gasteiger partial charge on any atom is 0.243 e. The summed E-state index contributed by atoms with van der Waals surface area (Å²) in [6, 6.07) is 5.30. The topological polar surface area (TPSA) is 64.4 Å². The molecule has 1 aromatic heterocycles. The molecule has 0 saturated carbocycles. The highest BCUT2D eigenvalue weighted by Gasteiger charge is 2.31. The first-order chi connectivity index (χ1) is 11.3. The summed E-state index contributed by atoms with van der Waals surface area (Å²) < 4.78 is 34.6. The fourth-order valence-corrected chi connectivity index (χ4v) is 4.62. The number of sulfonamides is 1. The van der Waals surface area contributed by atoms with Gasteiger partial charge in [0.15, 0.2) is 0 Å². The minimum absolute atomic E-state index is 0.344. The van der Waals surface area contributed by atoms with Gasteiger partial charge in [-0.05, 0) is 37.1 Å². The maximum absolute atomic E-state index is 13.0. The van der Waals surface area contributed by atoms with Crippen molar-refractivity contribution in [1.29, 1.82) is 0 Å².